The molecule has 0 saturated heterocycles. The fourth-order valence-electron chi connectivity index (χ4n) is 1.08. The van der Waals surface area contributed by atoms with Gasteiger partial charge in [0.1, 0.15) is 0 Å². The van der Waals surface area contributed by atoms with Crippen LogP contribution in [0, 0.1) is 11.8 Å². The van der Waals surface area contributed by atoms with Gasteiger partial charge in [0, 0.05) is 0 Å². The molecule has 0 spiro atoms. The molecule has 0 N–H and O–H groups in total. The topological polar surface area (TPSA) is 0 Å². The normalized spacial score (nSPS) is 27.0. The summed E-state index contributed by atoms with van der Waals surface area (Å²) in [6.45, 7) is 5.97. The van der Waals surface area contributed by atoms with Crippen molar-refractivity contribution in [3.8, 4) is 0 Å². The van der Waals surface area contributed by atoms with Gasteiger partial charge in [-0.2, -0.15) is 0 Å². The number of hydrogen-bond acceptors (Lipinski definition) is 0. The van der Waals surface area contributed by atoms with Crippen LogP contribution in [0.15, 0.2) is 24.8 Å². The van der Waals surface area contributed by atoms with E-state index in [1.807, 2.05) is 6.08 Å². The molecule has 9 heavy (non-hydrogen) atoms. The van der Waals surface area contributed by atoms with Crippen LogP contribution in [0.1, 0.15) is 19.8 Å². The molecular formula is C9H14. The molecule has 0 bridgehead atoms. The van der Waals surface area contributed by atoms with Crippen LogP contribution in [-0.4, -0.2) is 0 Å². The van der Waals surface area contributed by atoms with Gasteiger partial charge < -0.3 is 0 Å². The first-order chi connectivity index (χ1) is 4.33. The van der Waals surface area contributed by atoms with Crippen molar-refractivity contribution < 1.29 is 0 Å². The Hall–Kier alpha value is -0.520. The van der Waals surface area contributed by atoms with Gasteiger partial charge in [0.2, 0.25) is 0 Å². The van der Waals surface area contributed by atoms with Crippen molar-refractivity contribution in [1.82, 2.24) is 0 Å². The van der Waals surface area contributed by atoms with Crippen molar-refractivity contribution in [3.05, 3.63) is 24.8 Å². The van der Waals surface area contributed by atoms with E-state index in [0.29, 0.717) is 5.92 Å². The van der Waals surface area contributed by atoms with E-state index in [9.17, 15) is 0 Å². The van der Waals surface area contributed by atoms with Crippen LogP contribution >= 0.6 is 0 Å². The summed E-state index contributed by atoms with van der Waals surface area (Å²) in [4.78, 5) is 0. The predicted molar refractivity (Wildman–Crippen MR) is 41.2 cm³/mol. The summed E-state index contributed by atoms with van der Waals surface area (Å²) < 4.78 is 0. The zero-order valence-electron chi connectivity index (χ0n) is 6.01. The Balaban J connectivity index is 2.17. The lowest BCUT2D eigenvalue weighted by Crippen LogP contribution is -2.06. The molecule has 2 unspecified atom stereocenters. The lowest BCUT2D eigenvalue weighted by molar-refractivity contribution is 0.486. The standard InChI is InChI=1S/C9H14/c1-3-8(2)7-9-5-4-6-9/h3-5,8-9H,1,6-7H2,2H3. The van der Waals surface area contributed by atoms with Crippen LogP contribution in [0.25, 0.3) is 0 Å². The van der Waals surface area contributed by atoms with Crippen LogP contribution in [-0.2, 0) is 0 Å². The molecule has 0 heterocycles. The van der Waals surface area contributed by atoms with Crippen molar-refractivity contribution in [1.29, 1.82) is 0 Å². The fraction of sp³-hybridized carbons (Fsp3) is 0.556. The minimum absolute atomic E-state index is 0.694. The first-order valence-electron chi connectivity index (χ1n) is 3.62. The second-order valence-electron chi connectivity index (χ2n) is 2.87. The Morgan fingerprint density at radius 2 is 2.56 bits per heavy atom. The Morgan fingerprint density at radius 3 is 2.89 bits per heavy atom. The molecular weight excluding hydrogens is 108 g/mol. The summed E-state index contributed by atoms with van der Waals surface area (Å²) in [5.41, 5.74) is 0. The van der Waals surface area contributed by atoms with E-state index >= 15 is 0 Å². The zero-order valence-corrected chi connectivity index (χ0v) is 6.01. The number of rotatable bonds is 3. The largest absolute Gasteiger partial charge is 0.103 e. The quantitative estimate of drug-likeness (QED) is 0.505. The second-order valence-corrected chi connectivity index (χ2v) is 2.87. The molecule has 0 saturated carbocycles. The minimum atomic E-state index is 0.694. The molecule has 50 valence electrons. The summed E-state index contributed by atoms with van der Waals surface area (Å²) >= 11 is 0. The predicted octanol–water partition coefficient (Wildman–Crippen LogP) is 2.77. The molecule has 1 aliphatic rings. The molecule has 1 aliphatic carbocycles. The van der Waals surface area contributed by atoms with Crippen molar-refractivity contribution in [3.63, 3.8) is 0 Å². The van der Waals surface area contributed by atoms with E-state index in [4.69, 9.17) is 0 Å². The maximum absolute atomic E-state index is 3.75. The summed E-state index contributed by atoms with van der Waals surface area (Å²) in [5.74, 6) is 1.55. The lowest BCUT2D eigenvalue weighted by Gasteiger charge is -2.19. The van der Waals surface area contributed by atoms with Gasteiger partial charge in [0.25, 0.3) is 0 Å². The van der Waals surface area contributed by atoms with Crippen molar-refractivity contribution in [2.24, 2.45) is 11.8 Å². The SMILES string of the molecule is C=CC(C)CC1C=CC1. The van der Waals surface area contributed by atoms with Crippen LogP contribution in [0.2, 0.25) is 0 Å². The maximum atomic E-state index is 3.75. The molecule has 1 rings (SSSR count). The first kappa shape index (κ1) is 6.60. The van der Waals surface area contributed by atoms with Crippen LogP contribution in [0.3, 0.4) is 0 Å². The summed E-state index contributed by atoms with van der Waals surface area (Å²) in [5, 5.41) is 0. The highest BCUT2D eigenvalue weighted by Gasteiger charge is 2.11. The zero-order chi connectivity index (χ0) is 6.69. The van der Waals surface area contributed by atoms with E-state index in [-0.39, 0.29) is 0 Å². The molecule has 0 aliphatic heterocycles. The molecule has 0 fully saturated rings. The molecule has 0 radical (unpaired) electrons. The van der Waals surface area contributed by atoms with E-state index < -0.39 is 0 Å². The highest BCUT2D eigenvalue weighted by atomic mass is 14.2. The first-order valence-corrected chi connectivity index (χ1v) is 3.62. The second kappa shape index (κ2) is 2.86. The molecule has 2 atom stereocenters. The van der Waals surface area contributed by atoms with Crippen LogP contribution < -0.4 is 0 Å². The number of hydrogen-bond donors (Lipinski definition) is 0. The van der Waals surface area contributed by atoms with E-state index in [1.165, 1.54) is 12.8 Å². The van der Waals surface area contributed by atoms with Crippen molar-refractivity contribution in [2.45, 2.75) is 19.8 Å². The average Bonchev–Trinajstić information content (AvgIpc) is 1.78. The summed E-state index contributed by atoms with van der Waals surface area (Å²) in [6, 6.07) is 0. The Bertz CT molecular complexity index is 122. The molecule has 0 aromatic rings. The third-order valence-corrected chi connectivity index (χ3v) is 1.92. The highest BCUT2D eigenvalue weighted by Crippen LogP contribution is 2.24. The van der Waals surface area contributed by atoms with Crippen LogP contribution in [0.4, 0.5) is 0 Å². The van der Waals surface area contributed by atoms with Gasteiger partial charge in [-0.1, -0.05) is 25.2 Å². The van der Waals surface area contributed by atoms with Crippen molar-refractivity contribution in [2.75, 3.05) is 0 Å². The van der Waals surface area contributed by atoms with E-state index in [2.05, 4.69) is 25.7 Å². The maximum Gasteiger partial charge on any atom is -0.0193 e. The Morgan fingerprint density at radius 1 is 1.89 bits per heavy atom. The molecule has 0 heteroatoms. The van der Waals surface area contributed by atoms with E-state index in [0.717, 1.165) is 5.92 Å². The van der Waals surface area contributed by atoms with Gasteiger partial charge in [-0.05, 0) is 24.7 Å². The molecule has 0 nitrogen and oxygen atoms in total. The minimum Gasteiger partial charge on any atom is -0.103 e. The molecule has 0 amide bonds. The van der Waals surface area contributed by atoms with Crippen molar-refractivity contribution >= 4 is 0 Å². The highest BCUT2D eigenvalue weighted by molar-refractivity contribution is 5.02. The summed E-state index contributed by atoms with van der Waals surface area (Å²) in [7, 11) is 0. The van der Waals surface area contributed by atoms with Gasteiger partial charge in [-0.25, -0.2) is 0 Å². The summed E-state index contributed by atoms with van der Waals surface area (Å²) in [6.07, 6.45) is 9.14. The Kier molecular flexibility index (Phi) is 2.10. The Labute approximate surface area is 57.3 Å². The smallest absolute Gasteiger partial charge is 0.0193 e. The van der Waals surface area contributed by atoms with Gasteiger partial charge in [-0.15, -0.1) is 6.58 Å². The van der Waals surface area contributed by atoms with Gasteiger partial charge >= 0.3 is 0 Å². The fourth-order valence-corrected chi connectivity index (χ4v) is 1.08. The average molecular weight is 122 g/mol. The van der Waals surface area contributed by atoms with Gasteiger partial charge in [0.05, 0.1) is 0 Å². The third-order valence-electron chi connectivity index (χ3n) is 1.92. The molecule has 0 aromatic heterocycles. The van der Waals surface area contributed by atoms with E-state index in [1.54, 1.807) is 0 Å². The third kappa shape index (κ3) is 1.70. The van der Waals surface area contributed by atoms with Gasteiger partial charge in [-0.3, -0.25) is 0 Å². The number of allylic oxidation sites excluding steroid dienone is 3. The van der Waals surface area contributed by atoms with Crippen LogP contribution in [0.5, 0.6) is 0 Å². The molecule has 0 aromatic carbocycles. The van der Waals surface area contributed by atoms with Gasteiger partial charge in [0.15, 0.2) is 0 Å². The monoisotopic (exact) mass is 122 g/mol. The lowest BCUT2D eigenvalue weighted by atomic mass is 9.87.